The average Bonchev–Trinajstić information content (AvgIpc) is 1.57. The van der Waals surface area contributed by atoms with Crippen LogP contribution in [-0.4, -0.2) is 19.8 Å². The van der Waals surface area contributed by atoms with E-state index in [-0.39, 0.29) is 0 Å². The van der Waals surface area contributed by atoms with Gasteiger partial charge in [-0.05, 0) is 12.8 Å². The van der Waals surface area contributed by atoms with E-state index in [0.717, 1.165) is 0 Å². The van der Waals surface area contributed by atoms with Crippen LogP contribution in [-0.2, 0) is 9.05 Å². The summed E-state index contributed by atoms with van der Waals surface area (Å²) in [7, 11) is 1.24. The molecule has 1 fully saturated rings. The summed E-state index contributed by atoms with van der Waals surface area (Å²) in [6.45, 7) is 0. The SMILES string of the molecule is O=S(=O)(Cl)[C@@H]1CC[C@H]1F. The van der Waals surface area contributed by atoms with Gasteiger partial charge < -0.3 is 0 Å². The minimum absolute atomic E-state index is 0.330. The molecule has 54 valence electrons. The Hall–Kier alpha value is 0.170. The fourth-order valence-electron chi connectivity index (χ4n) is 0.746. The van der Waals surface area contributed by atoms with Crippen molar-refractivity contribution >= 4 is 19.7 Å². The Kier molecular flexibility index (Phi) is 1.69. The Balaban J connectivity index is 2.66. The van der Waals surface area contributed by atoms with Crippen molar-refractivity contribution in [3.8, 4) is 0 Å². The van der Waals surface area contributed by atoms with E-state index in [9.17, 15) is 12.8 Å². The zero-order valence-electron chi connectivity index (χ0n) is 4.55. The summed E-state index contributed by atoms with van der Waals surface area (Å²) in [6, 6.07) is 0. The van der Waals surface area contributed by atoms with Crippen molar-refractivity contribution in [2.45, 2.75) is 24.3 Å². The van der Waals surface area contributed by atoms with E-state index in [2.05, 4.69) is 0 Å². The first-order chi connectivity index (χ1) is 4.02. The Morgan fingerprint density at radius 3 is 2.00 bits per heavy atom. The maximum atomic E-state index is 12.2. The lowest BCUT2D eigenvalue weighted by molar-refractivity contribution is 0.216. The van der Waals surface area contributed by atoms with Gasteiger partial charge in [-0.15, -0.1) is 0 Å². The minimum atomic E-state index is -3.62. The fourth-order valence-corrected chi connectivity index (χ4v) is 2.25. The van der Waals surface area contributed by atoms with Crippen molar-refractivity contribution in [1.29, 1.82) is 0 Å². The molecule has 9 heavy (non-hydrogen) atoms. The molecule has 1 aliphatic carbocycles. The smallest absolute Gasteiger partial charge is 0.238 e. The van der Waals surface area contributed by atoms with Crippen LogP contribution in [0.1, 0.15) is 12.8 Å². The highest BCUT2D eigenvalue weighted by molar-refractivity contribution is 8.14. The lowest BCUT2D eigenvalue weighted by Gasteiger charge is -2.26. The minimum Gasteiger partial charge on any atom is -0.246 e. The third kappa shape index (κ3) is 1.35. The number of hydrogen-bond acceptors (Lipinski definition) is 2. The standard InChI is InChI=1S/C4H6ClFO2S/c5-9(7,8)4-2-1-3(4)6/h3-4H,1-2H2/t3-,4-/m1/s1. The zero-order chi connectivity index (χ0) is 7.07. The van der Waals surface area contributed by atoms with Gasteiger partial charge >= 0.3 is 0 Å². The molecule has 2 nitrogen and oxygen atoms in total. The van der Waals surface area contributed by atoms with Crippen molar-refractivity contribution in [2.75, 3.05) is 0 Å². The first-order valence-corrected chi connectivity index (χ1v) is 4.96. The van der Waals surface area contributed by atoms with Crippen LogP contribution < -0.4 is 0 Å². The molecule has 1 rings (SSSR count). The highest BCUT2D eigenvalue weighted by Crippen LogP contribution is 2.31. The third-order valence-electron chi connectivity index (χ3n) is 1.49. The summed E-state index contributed by atoms with van der Waals surface area (Å²) >= 11 is 0. The van der Waals surface area contributed by atoms with Gasteiger partial charge in [0.25, 0.3) is 0 Å². The number of alkyl halides is 1. The van der Waals surface area contributed by atoms with E-state index in [0.29, 0.717) is 12.8 Å². The van der Waals surface area contributed by atoms with Crippen LogP contribution in [0.3, 0.4) is 0 Å². The van der Waals surface area contributed by atoms with Gasteiger partial charge in [-0.25, -0.2) is 12.8 Å². The van der Waals surface area contributed by atoms with Crippen LogP contribution in [0.2, 0.25) is 0 Å². The summed E-state index contributed by atoms with van der Waals surface area (Å²) in [6.07, 6.45) is -0.531. The molecule has 0 saturated heterocycles. The summed E-state index contributed by atoms with van der Waals surface area (Å²) in [4.78, 5) is 0. The van der Waals surface area contributed by atoms with Gasteiger partial charge in [0.2, 0.25) is 9.05 Å². The molecule has 1 aliphatic rings. The molecule has 0 aromatic rings. The van der Waals surface area contributed by atoms with Crippen molar-refractivity contribution in [1.82, 2.24) is 0 Å². The van der Waals surface area contributed by atoms with Gasteiger partial charge in [0.05, 0.1) is 0 Å². The van der Waals surface area contributed by atoms with Gasteiger partial charge in [0.1, 0.15) is 11.4 Å². The summed E-state index contributed by atoms with van der Waals surface area (Å²) in [5, 5.41) is -0.931. The predicted molar refractivity (Wildman–Crippen MR) is 32.7 cm³/mol. The van der Waals surface area contributed by atoms with Crippen LogP contribution >= 0.6 is 10.7 Å². The topological polar surface area (TPSA) is 34.1 Å². The van der Waals surface area contributed by atoms with Gasteiger partial charge in [-0.1, -0.05) is 0 Å². The Labute approximate surface area is 57.4 Å². The molecular weight excluding hydrogens is 167 g/mol. The maximum absolute atomic E-state index is 12.2. The van der Waals surface area contributed by atoms with Crippen molar-refractivity contribution in [3.05, 3.63) is 0 Å². The zero-order valence-corrected chi connectivity index (χ0v) is 6.12. The van der Waals surface area contributed by atoms with E-state index in [1.165, 1.54) is 0 Å². The summed E-state index contributed by atoms with van der Waals surface area (Å²) < 4.78 is 32.9. The molecular formula is C4H6ClFO2S. The fraction of sp³-hybridized carbons (Fsp3) is 1.00. The number of rotatable bonds is 1. The van der Waals surface area contributed by atoms with Crippen molar-refractivity contribution in [3.63, 3.8) is 0 Å². The van der Waals surface area contributed by atoms with E-state index in [1.54, 1.807) is 0 Å². The maximum Gasteiger partial charge on any atom is 0.238 e. The molecule has 0 aromatic heterocycles. The Morgan fingerprint density at radius 1 is 1.44 bits per heavy atom. The molecule has 0 unspecified atom stereocenters. The van der Waals surface area contributed by atoms with E-state index in [1.807, 2.05) is 0 Å². The first-order valence-electron chi connectivity index (χ1n) is 2.59. The third-order valence-corrected chi connectivity index (χ3v) is 3.43. The second-order valence-corrected chi connectivity index (χ2v) is 4.95. The highest BCUT2D eigenvalue weighted by atomic mass is 35.7. The molecule has 0 heterocycles. The molecule has 2 atom stereocenters. The molecule has 0 aromatic carbocycles. The summed E-state index contributed by atoms with van der Waals surface area (Å²) in [5.74, 6) is 0. The van der Waals surface area contributed by atoms with Crippen LogP contribution in [0.4, 0.5) is 4.39 Å². The second kappa shape index (κ2) is 2.09. The van der Waals surface area contributed by atoms with Crippen LogP contribution in [0.25, 0.3) is 0 Å². The molecule has 0 bridgehead atoms. The number of halogens is 2. The van der Waals surface area contributed by atoms with Crippen LogP contribution in [0.15, 0.2) is 0 Å². The monoisotopic (exact) mass is 172 g/mol. The molecule has 0 aliphatic heterocycles. The van der Waals surface area contributed by atoms with E-state index >= 15 is 0 Å². The molecule has 0 radical (unpaired) electrons. The molecule has 0 N–H and O–H groups in total. The average molecular weight is 173 g/mol. The van der Waals surface area contributed by atoms with Crippen LogP contribution in [0.5, 0.6) is 0 Å². The number of hydrogen-bond donors (Lipinski definition) is 0. The second-order valence-electron chi connectivity index (χ2n) is 2.11. The molecule has 5 heteroatoms. The van der Waals surface area contributed by atoms with E-state index < -0.39 is 20.5 Å². The molecule has 0 spiro atoms. The largest absolute Gasteiger partial charge is 0.246 e. The molecule has 1 saturated carbocycles. The highest BCUT2D eigenvalue weighted by Gasteiger charge is 2.40. The van der Waals surface area contributed by atoms with Gasteiger partial charge in [0.15, 0.2) is 0 Å². The van der Waals surface area contributed by atoms with Gasteiger partial charge in [-0.2, -0.15) is 0 Å². The predicted octanol–water partition coefficient (Wildman–Crippen LogP) is 1.06. The van der Waals surface area contributed by atoms with Gasteiger partial charge in [-0.3, -0.25) is 0 Å². The summed E-state index contributed by atoms with van der Waals surface area (Å²) in [5.41, 5.74) is 0. The Bertz CT molecular complexity index is 201. The first kappa shape index (κ1) is 7.28. The van der Waals surface area contributed by atoms with Crippen LogP contribution in [0, 0.1) is 0 Å². The lowest BCUT2D eigenvalue weighted by atomic mass is 9.97. The normalized spacial score (nSPS) is 35.8. The molecule has 0 amide bonds. The van der Waals surface area contributed by atoms with E-state index in [4.69, 9.17) is 10.7 Å². The van der Waals surface area contributed by atoms with Gasteiger partial charge in [0, 0.05) is 10.7 Å². The lowest BCUT2D eigenvalue weighted by Crippen LogP contribution is -2.37. The quantitative estimate of drug-likeness (QED) is 0.555. The van der Waals surface area contributed by atoms with Crippen molar-refractivity contribution in [2.24, 2.45) is 0 Å². The Morgan fingerprint density at radius 2 is 2.00 bits per heavy atom. The van der Waals surface area contributed by atoms with Crippen molar-refractivity contribution < 1.29 is 12.8 Å².